The molecule has 1 aromatic rings. The summed E-state index contributed by atoms with van der Waals surface area (Å²) in [5.74, 6) is 0.671. The summed E-state index contributed by atoms with van der Waals surface area (Å²) < 4.78 is 10.6. The maximum absolute atomic E-state index is 11.2. The van der Waals surface area contributed by atoms with Crippen LogP contribution in [0.3, 0.4) is 0 Å². The molecule has 1 aliphatic rings. The van der Waals surface area contributed by atoms with Crippen molar-refractivity contribution in [2.24, 2.45) is 5.73 Å². The van der Waals surface area contributed by atoms with Crippen molar-refractivity contribution in [1.82, 2.24) is 0 Å². The molecule has 0 spiro atoms. The lowest BCUT2D eigenvalue weighted by Crippen LogP contribution is -2.49. The van der Waals surface area contributed by atoms with E-state index in [1.807, 2.05) is 19.1 Å². The summed E-state index contributed by atoms with van der Waals surface area (Å²) in [7, 11) is 0. The largest absolute Gasteiger partial charge is 0.494 e. The molecule has 22 heavy (non-hydrogen) atoms. The summed E-state index contributed by atoms with van der Waals surface area (Å²) in [4.78, 5) is 11.2. The Labute approximate surface area is 132 Å². The molecule has 3 N–H and O–H groups in total. The molecule has 0 aromatic heterocycles. The molecule has 5 heteroatoms. The van der Waals surface area contributed by atoms with Crippen LogP contribution in [-0.4, -0.2) is 24.8 Å². The molecule has 5 nitrogen and oxygen atoms in total. The van der Waals surface area contributed by atoms with E-state index in [2.05, 4.69) is 18.3 Å². The first kappa shape index (κ1) is 16.6. The van der Waals surface area contributed by atoms with Gasteiger partial charge >= 0.3 is 5.97 Å². The van der Waals surface area contributed by atoms with Crippen LogP contribution in [0.2, 0.25) is 0 Å². The zero-order valence-corrected chi connectivity index (χ0v) is 13.5. The van der Waals surface area contributed by atoms with Gasteiger partial charge in [0.2, 0.25) is 0 Å². The number of hydrogen-bond acceptors (Lipinski definition) is 5. The molecule has 0 amide bonds. The maximum Gasteiger partial charge on any atom is 0.305 e. The van der Waals surface area contributed by atoms with Crippen molar-refractivity contribution in [2.75, 3.05) is 18.5 Å². The van der Waals surface area contributed by atoms with Gasteiger partial charge < -0.3 is 20.5 Å². The lowest BCUT2D eigenvalue weighted by Gasteiger charge is -2.36. The van der Waals surface area contributed by atoms with Crippen LogP contribution in [0.15, 0.2) is 18.2 Å². The number of nitrogens with two attached hydrogens (primary N) is 1. The predicted octanol–water partition coefficient (Wildman–Crippen LogP) is 2.83. The highest BCUT2D eigenvalue weighted by atomic mass is 16.5. The van der Waals surface area contributed by atoms with Gasteiger partial charge in [-0.1, -0.05) is 6.92 Å². The van der Waals surface area contributed by atoms with Crippen molar-refractivity contribution in [2.45, 2.75) is 51.6 Å². The van der Waals surface area contributed by atoms with Crippen LogP contribution in [0, 0.1) is 0 Å². The number of carbonyl (C=O) groups is 1. The summed E-state index contributed by atoms with van der Waals surface area (Å²) in [6.45, 7) is 4.85. The van der Waals surface area contributed by atoms with E-state index in [9.17, 15) is 4.79 Å². The molecule has 1 unspecified atom stereocenters. The summed E-state index contributed by atoms with van der Waals surface area (Å²) in [6, 6.07) is 6.02. The molecule has 1 aromatic carbocycles. The first-order chi connectivity index (χ1) is 10.6. The molecule has 122 valence electrons. The average Bonchev–Trinajstić information content (AvgIpc) is 2.52. The number of benzene rings is 1. The average molecular weight is 306 g/mol. The number of ether oxygens (including phenoxy) is 2. The summed E-state index contributed by atoms with van der Waals surface area (Å²) in [6.07, 6.45) is 3.83. The molecule has 0 saturated carbocycles. The molecular weight excluding hydrogens is 280 g/mol. The van der Waals surface area contributed by atoms with Crippen molar-refractivity contribution in [1.29, 1.82) is 0 Å². The van der Waals surface area contributed by atoms with E-state index >= 15 is 0 Å². The Kier molecular flexibility index (Phi) is 5.66. The predicted molar refractivity (Wildman–Crippen MR) is 87.0 cm³/mol. The Morgan fingerprint density at radius 1 is 1.41 bits per heavy atom. The fourth-order valence-electron chi connectivity index (χ4n) is 2.58. The Morgan fingerprint density at radius 2 is 2.23 bits per heavy atom. The summed E-state index contributed by atoms with van der Waals surface area (Å²) >= 11 is 0. The second-order valence-corrected chi connectivity index (χ2v) is 5.71. The Balaban J connectivity index is 1.84. The lowest BCUT2D eigenvalue weighted by atomic mass is 9.92. The van der Waals surface area contributed by atoms with E-state index in [1.165, 1.54) is 5.56 Å². The number of rotatable bonds is 7. The van der Waals surface area contributed by atoms with E-state index in [4.69, 9.17) is 15.2 Å². The molecule has 1 atom stereocenters. The van der Waals surface area contributed by atoms with Crippen LogP contribution in [0.4, 0.5) is 5.69 Å². The first-order valence-electron chi connectivity index (χ1n) is 8.04. The topological polar surface area (TPSA) is 73.6 Å². The standard InChI is InChI=1S/C17H26N2O3/c1-3-17(18)10-9-13-12-14(7-8-15(13)19-17)22-11-5-6-16(20)21-4-2/h7-8,12,19H,3-6,9-11,18H2,1-2H3. The van der Waals surface area contributed by atoms with Crippen LogP contribution < -0.4 is 15.8 Å². The molecule has 1 heterocycles. The van der Waals surface area contributed by atoms with E-state index in [1.54, 1.807) is 0 Å². The van der Waals surface area contributed by atoms with Gasteiger partial charge in [0, 0.05) is 12.1 Å². The van der Waals surface area contributed by atoms with E-state index < -0.39 is 0 Å². The molecule has 0 bridgehead atoms. The Hall–Kier alpha value is -1.75. The Bertz CT molecular complexity index is 519. The molecule has 0 saturated heterocycles. The van der Waals surface area contributed by atoms with Gasteiger partial charge in [-0.15, -0.1) is 0 Å². The normalized spacial score (nSPS) is 20.0. The highest BCUT2D eigenvalue weighted by molar-refractivity contribution is 5.69. The SMILES string of the molecule is CCOC(=O)CCCOc1ccc2c(c1)CCC(N)(CC)N2. The third-order valence-corrected chi connectivity index (χ3v) is 4.03. The number of nitrogens with one attached hydrogen (secondary N) is 1. The number of anilines is 1. The zero-order valence-electron chi connectivity index (χ0n) is 13.5. The lowest BCUT2D eigenvalue weighted by molar-refractivity contribution is -0.143. The first-order valence-corrected chi connectivity index (χ1v) is 8.04. The van der Waals surface area contributed by atoms with Crippen molar-refractivity contribution in [3.05, 3.63) is 23.8 Å². The van der Waals surface area contributed by atoms with Crippen molar-refractivity contribution >= 4 is 11.7 Å². The van der Waals surface area contributed by atoms with Crippen LogP contribution >= 0.6 is 0 Å². The van der Waals surface area contributed by atoms with Crippen LogP contribution in [0.1, 0.15) is 45.1 Å². The molecule has 0 aliphatic carbocycles. The number of hydrogen-bond donors (Lipinski definition) is 2. The van der Waals surface area contributed by atoms with Gasteiger partial charge in [0.05, 0.1) is 18.9 Å². The minimum atomic E-state index is -0.297. The van der Waals surface area contributed by atoms with Crippen molar-refractivity contribution < 1.29 is 14.3 Å². The quantitative estimate of drug-likeness (QED) is 0.598. The monoisotopic (exact) mass is 306 g/mol. The van der Waals surface area contributed by atoms with E-state index in [0.717, 1.165) is 30.7 Å². The molecule has 1 aliphatic heterocycles. The van der Waals surface area contributed by atoms with Crippen LogP contribution in [0.5, 0.6) is 5.75 Å². The van der Waals surface area contributed by atoms with Gasteiger partial charge in [0.25, 0.3) is 0 Å². The third kappa shape index (κ3) is 4.37. The zero-order chi connectivity index (χ0) is 16.0. The third-order valence-electron chi connectivity index (χ3n) is 4.03. The number of aryl methyl sites for hydroxylation is 1. The molecule has 0 radical (unpaired) electrons. The van der Waals surface area contributed by atoms with Gasteiger partial charge in [-0.2, -0.15) is 0 Å². The maximum atomic E-state index is 11.2. The Morgan fingerprint density at radius 3 is 2.95 bits per heavy atom. The van der Waals surface area contributed by atoms with E-state index in [-0.39, 0.29) is 11.6 Å². The highest BCUT2D eigenvalue weighted by Gasteiger charge is 2.27. The van der Waals surface area contributed by atoms with E-state index in [0.29, 0.717) is 26.1 Å². The smallest absolute Gasteiger partial charge is 0.305 e. The minimum absolute atomic E-state index is 0.167. The van der Waals surface area contributed by atoms with Crippen LogP contribution in [0.25, 0.3) is 0 Å². The number of esters is 1. The second kappa shape index (κ2) is 7.49. The highest BCUT2D eigenvalue weighted by Crippen LogP contribution is 2.32. The van der Waals surface area contributed by atoms with Gasteiger partial charge in [-0.3, -0.25) is 4.79 Å². The second-order valence-electron chi connectivity index (χ2n) is 5.71. The van der Waals surface area contributed by atoms with Crippen molar-refractivity contribution in [3.63, 3.8) is 0 Å². The van der Waals surface area contributed by atoms with Crippen LogP contribution in [-0.2, 0) is 16.0 Å². The summed E-state index contributed by atoms with van der Waals surface area (Å²) in [5.41, 5.74) is 8.31. The minimum Gasteiger partial charge on any atom is -0.494 e. The molecule has 0 fully saturated rings. The molecular formula is C17H26N2O3. The summed E-state index contributed by atoms with van der Waals surface area (Å²) in [5, 5.41) is 3.41. The van der Waals surface area contributed by atoms with Gasteiger partial charge in [0.15, 0.2) is 0 Å². The van der Waals surface area contributed by atoms with Gasteiger partial charge in [-0.05, 0) is 56.4 Å². The van der Waals surface area contributed by atoms with Gasteiger partial charge in [0.1, 0.15) is 5.75 Å². The van der Waals surface area contributed by atoms with Crippen molar-refractivity contribution in [3.8, 4) is 5.75 Å². The number of carbonyl (C=O) groups excluding carboxylic acids is 1. The van der Waals surface area contributed by atoms with Gasteiger partial charge in [-0.25, -0.2) is 0 Å². The number of fused-ring (bicyclic) bond motifs is 1. The molecule has 2 rings (SSSR count). The fraction of sp³-hybridized carbons (Fsp3) is 0.588. The fourth-order valence-corrected chi connectivity index (χ4v) is 2.58.